The average molecular weight is 196 g/mol. The Kier molecular flexibility index (Phi) is 2.20. The number of nitrogens with two attached hydrogens (primary N) is 1. The van der Waals surface area contributed by atoms with Crippen LogP contribution in [0.2, 0.25) is 0 Å². The number of hydrogen-bond donors (Lipinski definition) is 1. The summed E-state index contributed by atoms with van der Waals surface area (Å²) in [5.74, 6) is -0.0642. The third-order valence-corrected chi connectivity index (χ3v) is 2.08. The Balaban J connectivity index is 2.35. The van der Waals surface area contributed by atoms with Crippen LogP contribution in [0.4, 0.5) is 5.88 Å². The van der Waals surface area contributed by atoms with Crippen LogP contribution in [-0.2, 0) is 6.54 Å². The van der Waals surface area contributed by atoms with Crippen molar-refractivity contribution >= 4 is 11.8 Å². The fraction of sp³-hybridized carbons (Fsp3) is 0.625. The van der Waals surface area contributed by atoms with Crippen molar-refractivity contribution in [3.05, 3.63) is 5.69 Å². The van der Waals surface area contributed by atoms with E-state index >= 15 is 0 Å². The lowest BCUT2D eigenvalue weighted by atomic mass is 10.4. The van der Waals surface area contributed by atoms with Crippen molar-refractivity contribution in [2.75, 3.05) is 0 Å². The van der Waals surface area contributed by atoms with Crippen LogP contribution in [0.25, 0.3) is 0 Å². The van der Waals surface area contributed by atoms with Crippen molar-refractivity contribution in [2.45, 2.75) is 32.4 Å². The molecular weight excluding hydrogens is 184 g/mol. The minimum absolute atomic E-state index is 0.243. The lowest BCUT2D eigenvalue weighted by Crippen LogP contribution is -2.39. The van der Waals surface area contributed by atoms with E-state index in [1.807, 2.05) is 0 Å². The van der Waals surface area contributed by atoms with Crippen LogP contribution in [0, 0.1) is 0 Å². The molecule has 1 heterocycles. The Morgan fingerprint density at radius 3 is 3.00 bits per heavy atom. The minimum atomic E-state index is -0.307. The van der Waals surface area contributed by atoms with Crippen molar-refractivity contribution in [1.82, 2.24) is 5.27 Å². The van der Waals surface area contributed by atoms with Crippen LogP contribution in [0.3, 0.4) is 0 Å². The summed E-state index contributed by atoms with van der Waals surface area (Å²) >= 11 is 0. The van der Waals surface area contributed by atoms with E-state index in [-0.39, 0.29) is 18.3 Å². The fourth-order valence-corrected chi connectivity index (χ4v) is 1.30. The van der Waals surface area contributed by atoms with Crippen LogP contribution in [0.1, 0.15) is 31.5 Å². The molecule has 1 aliphatic carbocycles. The molecule has 0 radical (unpaired) electrons. The maximum atomic E-state index is 10.8. The highest BCUT2D eigenvalue weighted by molar-refractivity contribution is 5.71. The molecule has 0 aromatic carbocycles. The molecule has 1 aliphatic rings. The normalized spacial score (nSPS) is 17.4. The molecule has 76 valence electrons. The number of rotatable bonds is 3. The Hall–Kier alpha value is -1.43. The molecule has 0 aliphatic heterocycles. The molecule has 6 heteroatoms. The van der Waals surface area contributed by atoms with Gasteiger partial charge in [-0.1, -0.05) is 0 Å². The first-order valence-corrected chi connectivity index (χ1v) is 4.55. The molecule has 0 amide bonds. The second-order valence-corrected chi connectivity index (χ2v) is 3.34. The summed E-state index contributed by atoms with van der Waals surface area (Å²) in [5.41, 5.74) is 6.24. The Bertz CT molecular complexity index is 363. The zero-order valence-corrected chi connectivity index (χ0v) is 7.93. The quantitative estimate of drug-likeness (QED) is 0.388. The van der Waals surface area contributed by atoms with Crippen LogP contribution < -0.4 is 15.5 Å². The Morgan fingerprint density at radius 1 is 1.79 bits per heavy atom. The van der Waals surface area contributed by atoms with Crippen molar-refractivity contribution in [2.24, 2.45) is 10.7 Å². The monoisotopic (exact) mass is 196 g/mol. The van der Waals surface area contributed by atoms with E-state index in [1.165, 1.54) is 6.92 Å². The Labute approximate surface area is 81.0 Å². The van der Waals surface area contributed by atoms with E-state index in [4.69, 9.17) is 10.3 Å². The van der Waals surface area contributed by atoms with Crippen molar-refractivity contribution in [3.8, 4) is 0 Å². The average Bonchev–Trinajstić information content (AvgIpc) is 2.88. The van der Waals surface area contributed by atoms with Gasteiger partial charge in [-0.05, 0) is 17.5 Å². The summed E-state index contributed by atoms with van der Waals surface area (Å²) in [6.07, 6.45) is 2.17. The topological polar surface area (TPSA) is 91.3 Å². The van der Waals surface area contributed by atoms with Gasteiger partial charge in [-0.2, -0.15) is 0 Å². The molecule has 0 spiro atoms. The maximum Gasteiger partial charge on any atom is 0.325 e. The van der Waals surface area contributed by atoms with E-state index < -0.39 is 0 Å². The van der Waals surface area contributed by atoms with Gasteiger partial charge in [0.25, 0.3) is 5.69 Å². The van der Waals surface area contributed by atoms with E-state index in [1.54, 1.807) is 4.68 Å². The van der Waals surface area contributed by atoms with Gasteiger partial charge in [0.15, 0.2) is 6.04 Å². The van der Waals surface area contributed by atoms with Gasteiger partial charge in [0.05, 0.1) is 6.54 Å². The van der Waals surface area contributed by atoms with E-state index in [2.05, 4.69) is 10.3 Å². The molecule has 2 N–H and O–H groups in total. The van der Waals surface area contributed by atoms with Gasteiger partial charge in [0.1, 0.15) is 0 Å². The molecule has 0 bridgehead atoms. The second kappa shape index (κ2) is 3.38. The highest BCUT2D eigenvalue weighted by Crippen LogP contribution is 2.30. The Morgan fingerprint density at radius 2 is 2.50 bits per heavy atom. The fourth-order valence-electron chi connectivity index (χ4n) is 1.30. The van der Waals surface area contributed by atoms with Gasteiger partial charge in [0.2, 0.25) is 5.27 Å². The summed E-state index contributed by atoms with van der Waals surface area (Å²) in [6.45, 7) is 1.65. The minimum Gasteiger partial charge on any atom is -0.862 e. The van der Waals surface area contributed by atoms with Crippen LogP contribution >= 0.6 is 0 Å². The molecule has 2 rings (SSSR count). The van der Waals surface area contributed by atoms with Gasteiger partial charge in [-0.15, -0.1) is 0 Å². The molecule has 14 heavy (non-hydrogen) atoms. The molecule has 1 saturated carbocycles. The standard InChI is InChI=1S/C8H12N4O2/c1-5(13)10-8-7(4-9)12(11-14-8)6-2-3-6/h6H,2-4,9H2,1H3. The molecule has 1 aromatic heterocycles. The SMILES string of the molecule is C/C([O-])=N/c1on[n+](C2CC2)c1CN. The highest BCUT2D eigenvalue weighted by Gasteiger charge is 2.39. The van der Waals surface area contributed by atoms with Crippen LogP contribution in [-0.4, -0.2) is 11.2 Å². The predicted octanol–water partition coefficient (Wildman–Crippen LogP) is -0.834. The summed E-state index contributed by atoms with van der Waals surface area (Å²) in [6, 6.07) is 0.383. The number of aromatic nitrogens is 2. The van der Waals surface area contributed by atoms with Gasteiger partial charge in [-0.25, -0.2) is 4.99 Å². The van der Waals surface area contributed by atoms with Gasteiger partial charge in [0, 0.05) is 12.8 Å². The van der Waals surface area contributed by atoms with E-state index in [9.17, 15) is 5.11 Å². The van der Waals surface area contributed by atoms with Gasteiger partial charge >= 0.3 is 5.88 Å². The molecule has 1 aromatic rings. The summed E-state index contributed by atoms with van der Waals surface area (Å²) in [7, 11) is 0. The van der Waals surface area contributed by atoms with E-state index in [0.717, 1.165) is 12.8 Å². The molecule has 0 unspecified atom stereocenters. The van der Waals surface area contributed by atoms with Crippen molar-refractivity contribution < 1.29 is 14.3 Å². The summed E-state index contributed by atoms with van der Waals surface area (Å²) in [4.78, 5) is 3.69. The van der Waals surface area contributed by atoms with Gasteiger partial charge < -0.3 is 10.8 Å². The zero-order chi connectivity index (χ0) is 10.1. The van der Waals surface area contributed by atoms with Gasteiger partial charge in [-0.3, -0.25) is 4.52 Å². The first-order chi connectivity index (χ1) is 6.72. The molecule has 0 atom stereocenters. The molecule has 1 fully saturated rings. The third kappa shape index (κ3) is 1.60. The van der Waals surface area contributed by atoms with Crippen molar-refractivity contribution in [1.29, 1.82) is 0 Å². The van der Waals surface area contributed by atoms with E-state index in [0.29, 0.717) is 11.7 Å². The summed E-state index contributed by atoms with van der Waals surface area (Å²) < 4.78 is 6.67. The zero-order valence-electron chi connectivity index (χ0n) is 7.93. The first-order valence-electron chi connectivity index (χ1n) is 4.55. The second-order valence-electron chi connectivity index (χ2n) is 3.34. The lowest BCUT2D eigenvalue weighted by molar-refractivity contribution is -0.771. The highest BCUT2D eigenvalue weighted by atomic mass is 16.5. The number of aliphatic imine (C=N–C) groups is 1. The predicted molar refractivity (Wildman–Crippen MR) is 45.6 cm³/mol. The number of nitrogens with zero attached hydrogens (tertiary/aromatic N) is 3. The van der Waals surface area contributed by atoms with Crippen LogP contribution in [0.15, 0.2) is 9.52 Å². The summed E-state index contributed by atoms with van der Waals surface area (Å²) in [5, 5.41) is 14.6. The first kappa shape index (κ1) is 9.14. The largest absolute Gasteiger partial charge is 0.862 e. The lowest BCUT2D eigenvalue weighted by Gasteiger charge is -1.97. The van der Waals surface area contributed by atoms with Crippen molar-refractivity contribution in [3.63, 3.8) is 0 Å². The third-order valence-electron chi connectivity index (χ3n) is 2.08. The molecule has 0 saturated heterocycles. The molecular formula is C8H12N4O2. The number of hydrogen-bond acceptors (Lipinski definition) is 5. The molecule has 6 nitrogen and oxygen atoms in total. The smallest absolute Gasteiger partial charge is 0.325 e. The van der Waals surface area contributed by atoms with Crippen LogP contribution in [0.5, 0.6) is 0 Å². The maximum absolute atomic E-state index is 10.8.